The Bertz CT molecular complexity index is 1160. The molecule has 0 atom stereocenters. The molecule has 8 nitrogen and oxygen atoms in total. The van der Waals surface area contributed by atoms with E-state index >= 15 is 0 Å². The lowest BCUT2D eigenvalue weighted by atomic mass is 10.2. The second-order valence-electron chi connectivity index (χ2n) is 9.22. The molecule has 40 heavy (non-hydrogen) atoms. The van der Waals surface area contributed by atoms with Crippen LogP contribution in [0, 0.1) is 13.8 Å². The molecule has 0 aromatic heterocycles. The summed E-state index contributed by atoms with van der Waals surface area (Å²) in [5, 5.41) is 0. The highest BCUT2D eigenvalue weighted by Crippen LogP contribution is 2.52. The highest BCUT2D eigenvalue weighted by molar-refractivity contribution is 7.54. The summed E-state index contributed by atoms with van der Waals surface area (Å²) in [6.07, 6.45) is 0.116. The van der Waals surface area contributed by atoms with Gasteiger partial charge in [-0.2, -0.15) is 0 Å². The maximum Gasteiger partial charge on any atom is 0.350 e. The molecule has 0 bridgehead atoms. The van der Waals surface area contributed by atoms with Gasteiger partial charge in [-0.1, -0.05) is 35.4 Å². The minimum Gasteiger partial charge on any atom is -0.329 e. The van der Waals surface area contributed by atoms with E-state index in [-0.39, 0.29) is 39.0 Å². The van der Waals surface area contributed by atoms with Crippen molar-refractivity contribution in [1.29, 1.82) is 0 Å². The van der Waals surface area contributed by atoms with Crippen molar-refractivity contribution in [1.82, 2.24) is 0 Å². The molecule has 3 aromatic carbocycles. The Kier molecular flexibility index (Phi) is 12.0. The summed E-state index contributed by atoms with van der Waals surface area (Å²) in [5.41, 5.74) is 5.61. The van der Waals surface area contributed by atoms with Crippen molar-refractivity contribution in [2.75, 3.05) is 48.8 Å². The molecule has 0 fully saturated rings. The standard InChI is InChI=1S/C30H42N2O6P2/c1-7-35-39(33,36-8-2)23-31(27-15-11-25(5)12-16-27)29-19-21-30(22-20-29)32(28-17-13-26(6)14-18-28)24-40(34,37-9-3)38-10-4/h11-22H,7-10,23-24H2,1-6H3. The molecule has 10 heteroatoms. The van der Waals surface area contributed by atoms with Crippen LogP contribution in [0.3, 0.4) is 0 Å². The van der Waals surface area contributed by atoms with E-state index in [1.807, 2.05) is 96.4 Å². The van der Waals surface area contributed by atoms with Crippen LogP contribution in [-0.2, 0) is 27.2 Å². The summed E-state index contributed by atoms with van der Waals surface area (Å²) in [7, 11) is -6.80. The van der Waals surface area contributed by atoms with Crippen LogP contribution in [0.4, 0.5) is 22.7 Å². The lowest BCUT2D eigenvalue weighted by molar-refractivity contribution is 0.219. The van der Waals surface area contributed by atoms with Gasteiger partial charge in [-0.15, -0.1) is 0 Å². The van der Waals surface area contributed by atoms with Crippen molar-refractivity contribution in [2.24, 2.45) is 0 Å². The predicted octanol–water partition coefficient (Wildman–Crippen LogP) is 9.03. The zero-order valence-corrected chi connectivity index (χ0v) is 26.2. The summed E-state index contributed by atoms with van der Waals surface area (Å²) in [5.74, 6) is 0. The second kappa shape index (κ2) is 15.0. The van der Waals surface area contributed by atoms with Crippen LogP contribution in [0.1, 0.15) is 38.8 Å². The van der Waals surface area contributed by atoms with Crippen molar-refractivity contribution in [3.05, 3.63) is 83.9 Å². The molecular formula is C30H42N2O6P2. The molecular weight excluding hydrogens is 546 g/mol. The molecule has 0 saturated carbocycles. The molecule has 3 rings (SSSR count). The Morgan fingerprint density at radius 1 is 0.475 bits per heavy atom. The molecule has 0 aliphatic carbocycles. The van der Waals surface area contributed by atoms with Gasteiger partial charge in [-0.05, 0) is 90.1 Å². The van der Waals surface area contributed by atoms with Gasteiger partial charge in [-0.3, -0.25) is 9.13 Å². The van der Waals surface area contributed by atoms with Gasteiger partial charge in [0.05, 0.1) is 26.4 Å². The summed E-state index contributed by atoms with van der Waals surface area (Å²) in [6.45, 7) is 12.4. The first-order valence-electron chi connectivity index (χ1n) is 13.7. The summed E-state index contributed by atoms with van der Waals surface area (Å²) >= 11 is 0. The molecule has 0 spiro atoms. The van der Waals surface area contributed by atoms with Gasteiger partial charge >= 0.3 is 15.2 Å². The Balaban J connectivity index is 2.04. The highest BCUT2D eigenvalue weighted by atomic mass is 31.2. The Hall–Kier alpha value is -2.44. The van der Waals surface area contributed by atoms with E-state index in [4.69, 9.17) is 18.1 Å². The molecule has 0 unspecified atom stereocenters. The summed E-state index contributed by atoms with van der Waals surface area (Å²) < 4.78 is 49.6. The van der Waals surface area contributed by atoms with Crippen LogP contribution in [0.25, 0.3) is 0 Å². The molecule has 3 aromatic rings. The molecule has 0 saturated heterocycles. The Morgan fingerprint density at radius 2 is 0.700 bits per heavy atom. The molecule has 0 N–H and O–H groups in total. The fraction of sp³-hybridized carbons (Fsp3) is 0.400. The Labute approximate surface area is 239 Å². The number of hydrogen-bond acceptors (Lipinski definition) is 8. The van der Waals surface area contributed by atoms with Gasteiger partial charge < -0.3 is 27.9 Å². The second-order valence-corrected chi connectivity index (χ2v) is 13.3. The minimum atomic E-state index is -3.40. The van der Waals surface area contributed by atoms with E-state index in [0.717, 1.165) is 33.9 Å². The summed E-state index contributed by atoms with van der Waals surface area (Å²) in [4.78, 5) is 3.88. The lowest BCUT2D eigenvalue weighted by Crippen LogP contribution is -2.22. The van der Waals surface area contributed by atoms with Crippen molar-refractivity contribution < 1.29 is 27.2 Å². The summed E-state index contributed by atoms with van der Waals surface area (Å²) in [6, 6.07) is 23.8. The molecule has 218 valence electrons. The van der Waals surface area contributed by atoms with E-state index in [9.17, 15) is 9.13 Å². The molecule has 0 aliphatic rings. The predicted molar refractivity (Wildman–Crippen MR) is 165 cm³/mol. The number of benzene rings is 3. The third-order valence-corrected chi connectivity index (χ3v) is 9.96. The quantitative estimate of drug-likeness (QED) is 0.153. The smallest absolute Gasteiger partial charge is 0.329 e. The van der Waals surface area contributed by atoms with Crippen LogP contribution >= 0.6 is 15.2 Å². The van der Waals surface area contributed by atoms with Crippen molar-refractivity contribution in [3.8, 4) is 0 Å². The number of anilines is 4. The van der Waals surface area contributed by atoms with E-state index in [2.05, 4.69) is 0 Å². The maximum atomic E-state index is 13.6. The van der Waals surface area contributed by atoms with Crippen molar-refractivity contribution in [3.63, 3.8) is 0 Å². The fourth-order valence-corrected chi connectivity index (χ4v) is 7.65. The van der Waals surface area contributed by atoms with Crippen LogP contribution in [-0.4, -0.2) is 39.0 Å². The molecule has 0 heterocycles. The lowest BCUT2D eigenvalue weighted by Gasteiger charge is -2.31. The largest absolute Gasteiger partial charge is 0.350 e. The first-order chi connectivity index (χ1) is 19.2. The average Bonchev–Trinajstić information content (AvgIpc) is 2.92. The van der Waals surface area contributed by atoms with Gasteiger partial charge in [0.25, 0.3) is 0 Å². The van der Waals surface area contributed by atoms with E-state index < -0.39 is 15.2 Å². The third kappa shape index (κ3) is 8.78. The molecule has 0 amide bonds. The number of nitrogens with zero attached hydrogens (tertiary/aromatic N) is 2. The van der Waals surface area contributed by atoms with Crippen LogP contribution < -0.4 is 9.80 Å². The zero-order chi connectivity index (χ0) is 29.2. The molecule has 0 radical (unpaired) electrons. The van der Waals surface area contributed by atoms with E-state index in [1.165, 1.54) is 0 Å². The van der Waals surface area contributed by atoms with Crippen molar-refractivity contribution >= 4 is 37.9 Å². The topological polar surface area (TPSA) is 77.5 Å². The van der Waals surface area contributed by atoms with Crippen LogP contribution in [0.15, 0.2) is 72.8 Å². The zero-order valence-electron chi connectivity index (χ0n) is 24.4. The number of rotatable bonds is 16. The van der Waals surface area contributed by atoms with Crippen molar-refractivity contribution in [2.45, 2.75) is 41.5 Å². The first kappa shape index (κ1) is 32.1. The third-order valence-electron chi connectivity index (χ3n) is 6.10. The van der Waals surface area contributed by atoms with Gasteiger partial charge in [0.2, 0.25) is 0 Å². The monoisotopic (exact) mass is 588 g/mol. The fourth-order valence-electron chi connectivity index (χ4n) is 4.26. The highest BCUT2D eigenvalue weighted by Gasteiger charge is 2.30. The minimum absolute atomic E-state index is 0.0582. The maximum absolute atomic E-state index is 13.6. The van der Waals surface area contributed by atoms with Gasteiger partial charge in [0, 0.05) is 22.7 Å². The van der Waals surface area contributed by atoms with Gasteiger partial charge in [0.1, 0.15) is 12.6 Å². The number of hydrogen-bond donors (Lipinski definition) is 0. The normalized spacial score (nSPS) is 11.9. The van der Waals surface area contributed by atoms with E-state index in [0.29, 0.717) is 0 Å². The van der Waals surface area contributed by atoms with Gasteiger partial charge in [0.15, 0.2) is 0 Å². The molecule has 0 aliphatic heterocycles. The van der Waals surface area contributed by atoms with Crippen LogP contribution in [0.5, 0.6) is 0 Å². The number of aryl methyl sites for hydroxylation is 2. The average molecular weight is 589 g/mol. The van der Waals surface area contributed by atoms with E-state index in [1.54, 1.807) is 27.7 Å². The Morgan fingerprint density at radius 3 is 0.925 bits per heavy atom. The van der Waals surface area contributed by atoms with Gasteiger partial charge in [-0.25, -0.2) is 0 Å². The first-order valence-corrected chi connectivity index (χ1v) is 17.2. The SMILES string of the molecule is CCOP(=O)(CN(c1ccc(C)cc1)c1ccc(N(CP(=O)(OCC)OCC)c2ccc(C)cc2)cc1)OCC. The van der Waals surface area contributed by atoms with Crippen LogP contribution in [0.2, 0.25) is 0 Å².